The normalized spacial score (nSPS) is 9.85. The van der Waals surface area contributed by atoms with Gasteiger partial charge in [-0.1, -0.05) is 11.6 Å². The van der Waals surface area contributed by atoms with E-state index in [1.54, 1.807) is 7.11 Å². The van der Waals surface area contributed by atoms with Crippen molar-refractivity contribution in [1.29, 1.82) is 0 Å². The smallest absolute Gasteiger partial charge is 0.123 e. The van der Waals surface area contributed by atoms with Crippen molar-refractivity contribution in [2.75, 3.05) is 19.0 Å². The Morgan fingerprint density at radius 1 is 1.46 bits per heavy atom. The number of hydrogen-bond acceptors (Lipinski definition) is 2. The number of rotatable bonds is 3. The standard InChI is InChI=1S/C10H14ClNO/c1-4-12-9-5-7(2)10(13-3)6-8(9)11/h5-6,12H,4H2,1-3H3. The number of benzene rings is 1. The van der Waals surface area contributed by atoms with Crippen molar-refractivity contribution in [3.63, 3.8) is 0 Å². The molecule has 0 aliphatic carbocycles. The molecule has 0 aliphatic heterocycles. The Balaban J connectivity index is 3.05. The lowest BCUT2D eigenvalue weighted by atomic mass is 10.2. The predicted molar refractivity (Wildman–Crippen MR) is 56.9 cm³/mol. The number of nitrogens with one attached hydrogen (secondary N) is 1. The molecule has 72 valence electrons. The van der Waals surface area contributed by atoms with E-state index in [9.17, 15) is 0 Å². The van der Waals surface area contributed by atoms with Crippen molar-refractivity contribution in [2.45, 2.75) is 13.8 Å². The fourth-order valence-electron chi connectivity index (χ4n) is 1.21. The first-order valence-corrected chi connectivity index (χ1v) is 4.64. The molecule has 0 bridgehead atoms. The summed E-state index contributed by atoms with van der Waals surface area (Å²) >= 11 is 6.02. The van der Waals surface area contributed by atoms with Crippen LogP contribution in [0.1, 0.15) is 12.5 Å². The molecule has 3 heteroatoms. The Kier molecular flexibility index (Phi) is 3.43. The second-order valence-corrected chi connectivity index (χ2v) is 3.24. The van der Waals surface area contributed by atoms with E-state index in [1.807, 2.05) is 26.0 Å². The molecule has 1 N–H and O–H groups in total. The van der Waals surface area contributed by atoms with Gasteiger partial charge < -0.3 is 10.1 Å². The van der Waals surface area contributed by atoms with Crippen LogP contribution in [0.5, 0.6) is 5.75 Å². The van der Waals surface area contributed by atoms with E-state index in [-0.39, 0.29) is 0 Å². The summed E-state index contributed by atoms with van der Waals surface area (Å²) < 4.78 is 5.15. The predicted octanol–water partition coefficient (Wildman–Crippen LogP) is 3.09. The maximum absolute atomic E-state index is 6.02. The molecular weight excluding hydrogens is 186 g/mol. The molecule has 0 atom stereocenters. The fourth-order valence-corrected chi connectivity index (χ4v) is 1.43. The summed E-state index contributed by atoms with van der Waals surface area (Å²) in [5, 5.41) is 3.88. The number of aryl methyl sites for hydroxylation is 1. The average molecular weight is 200 g/mol. The van der Waals surface area contributed by atoms with Crippen molar-refractivity contribution in [3.8, 4) is 5.75 Å². The molecule has 1 rings (SSSR count). The van der Waals surface area contributed by atoms with Gasteiger partial charge in [0.1, 0.15) is 5.75 Å². The molecule has 13 heavy (non-hydrogen) atoms. The Morgan fingerprint density at radius 3 is 2.69 bits per heavy atom. The van der Waals surface area contributed by atoms with Crippen LogP contribution in [-0.2, 0) is 0 Å². The molecule has 0 saturated carbocycles. The van der Waals surface area contributed by atoms with Crippen molar-refractivity contribution < 1.29 is 4.74 Å². The van der Waals surface area contributed by atoms with Gasteiger partial charge >= 0.3 is 0 Å². The summed E-state index contributed by atoms with van der Waals surface area (Å²) in [6.07, 6.45) is 0. The Labute approximate surface area is 83.9 Å². The molecule has 0 radical (unpaired) electrons. The largest absolute Gasteiger partial charge is 0.496 e. The summed E-state index contributed by atoms with van der Waals surface area (Å²) in [4.78, 5) is 0. The van der Waals surface area contributed by atoms with Crippen molar-refractivity contribution in [1.82, 2.24) is 0 Å². The van der Waals surface area contributed by atoms with Gasteiger partial charge in [-0.05, 0) is 25.5 Å². The number of hydrogen-bond donors (Lipinski definition) is 1. The quantitative estimate of drug-likeness (QED) is 0.808. The van der Waals surface area contributed by atoms with E-state index in [4.69, 9.17) is 16.3 Å². The van der Waals surface area contributed by atoms with E-state index in [2.05, 4.69) is 5.32 Å². The van der Waals surface area contributed by atoms with E-state index >= 15 is 0 Å². The first-order chi connectivity index (χ1) is 6.19. The van der Waals surface area contributed by atoms with Gasteiger partial charge in [0.25, 0.3) is 0 Å². The van der Waals surface area contributed by atoms with Crippen molar-refractivity contribution in [3.05, 3.63) is 22.7 Å². The average Bonchev–Trinajstić information content (AvgIpc) is 2.11. The van der Waals surface area contributed by atoms with E-state index in [1.165, 1.54) is 0 Å². The number of methoxy groups -OCH3 is 1. The zero-order valence-electron chi connectivity index (χ0n) is 8.15. The van der Waals surface area contributed by atoms with Crippen LogP contribution in [0.15, 0.2) is 12.1 Å². The van der Waals surface area contributed by atoms with Gasteiger partial charge in [-0.2, -0.15) is 0 Å². The van der Waals surface area contributed by atoms with Crippen LogP contribution >= 0.6 is 11.6 Å². The molecule has 0 fully saturated rings. The Morgan fingerprint density at radius 2 is 2.15 bits per heavy atom. The number of ether oxygens (including phenoxy) is 1. The topological polar surface area (TPSA) is 21.3 Å². The first kappa shape index (κ1) is 10.2. The van der Waals surface area contributed by atoms with Gasteiger partial charge in [-0.3, -0.25) is 0 Å². The second kappa shape index (κ2) is 4.38. The molecule has 0 aromatic heterocycles. The molecule has 0 saturated heterocycles. The lowest BCUT2D eigenvalue weighted by molar-refractivity contribution is 0.412. The highest BCUT2D eigenvalue weighted by Crippen LogP contribution is 2.29. The van der Waals surface area contributed by atoms with Crippen LogP contribution in [0.25, 0.3) is 0 Å². The molecular formula is C10H14ClNO. The minimum Gasteiger partial charge on any atom is -0.496 e. The summed E-state index contributed by atoms with van der Waals surface area (Å²) in [5.41, 5.74) is 2.05. The highest BCUT2D eigenvalue weighted by molar-refractivity contribution is 6.33. The molecule has 1 aromatic rings. The number of halogens is 1. The van der Waals surface area contributed by atoms with Gasteiger partial charge in [-0.15, -0.1) is 0 Å². The highest BCUT2D eigenvalue weighted by Gasteiger charge is 2.04. The molecule has 2 nitrogen and oxygen atoms in total. The van der Waals surface area contributed by atoms with Crippen LogP contribution in [0.2, 0.25) is 5.02 Å². The van der Waals surface area contributed by atoms with Crippen LogP contribution in [0.4, 0.5) is 5.69 Å². The van der Waals surface area contributed by atoms with Gasteiger partial charge in [0.2, 0.25) is 0 Å². The maximum Gasteiger partial charge on any atom is 0.123 e. The van der Waals surface area contributed by atoms with Gasteiger partial charge in [-0.25, -0.2) is 0 Å². The van der Waals surface area contributed by atoms with Crippen LogP contribution in [0.3, 0.4) is 0 Å². The van der Waals surface area contributed by atoms with E-state index in [0.717, 1.165) is 23.5 Å². The second-order valence-electron chi connectivity index (χ2n) is 2.83. The molecule has 0 heterocycles. The third-order valence-corrected chi connectivity index (χ3v) is 2.16. The molecule has 0 spiro atoms. The third-order valence-electron chi connectivity index (χ3n) is 1.85. The van der Waals surface area contributed by atoms with Gasteiger partial charge in [0.05, 0.1) is 17.8 Å². The molecule has 0 aliphatic rings. The lowest BCUT2D eigenvalue weighted by Crippen LogP contribution is -1.98. The van der Waals surface area contributed by atoms with E-state index < -0.39 is 0 Å². The summed E-state index contributed by atoms with van der Waals surface area (Å²) in [5.74, 6) is 0.826. The zero-order chi connectivity index (χ0) is 9.84. The van der Waals surface area contributed by atoms with Crippen LogP contribution < -0.4 is 10.1 Å². The van der Waals surface area contributed by atoms with E-state index in [0.29, 0.717) is 5.02 Å². The lowest BCUT2D eigenvalue weighted by Gasteiger charge is -2.10. The third kappa shape index (κ3) is 2.28. The first-order valence-electron chi connectivity index (χ1n) is 4.27. The number of anilines is 1. The minimum absolute atomic E-state index is 0.698. The monoisotopic (exact) mass is 199 g/mol. The molecule has 0 unspecified atom stereocenters. The summed E-state index contributed by atoms with van der Waals surface area (Å²) in [6.45, 7) is 4.90. The Hall–Kier alpha value is -0.890. The van der Waals surface area contributed by atoms with Crippen LogP contribution in [-0.4, -0.2) is 13.7 Å². The van der Waals surface area contributed by atoms with Gasteiger partial charge in [0, 0.05) is 12.6 Å². The highest BCUT2D eigenvalue weighted by atomic mass is 35.5. The van der Waals surface area contributed by atoms with Gasteiger partial charge in [0.15, 0.2) is 0 Å². The van der Waals surface area contributed by atoms with Crippen LogP contribution in [0, 0.1) is 6.92 Å². The maximum atomic E-state index is 6.02. The minimum atomic E-state index is 0.698. The SMILES string of the molecule is CCNc1cc(C)c(OC)cc1Cl. The fraction of sp³-hybridized carbons (Fsp3) is 0.400. The van der Waals surface area contributed by atoms with Crippen molar-refractivity contribution in [2.24, 2.45) is 0 Å². The molecule has 0 amide bonds. The molecule has 1 aromatic carbocycles. The van der Waals surface area contributed by atoms with Crippen molar-refractivity contribution >= 4 is 17.3 Å². The zero-order valence-corrected chi connectivity index (χ0v) is 8.90. The Bertz CT molecular complexity index is 299. The summed E-state index contributed by atoms with van der Waals surface area (Å²) in [6, 6.07) is 3.82. The summed E-state index contributed by atoms with van der Waals surface area (Å²) in [7, 11) is 1.64.